The van der Waals surface area contributed by atoms with E-state index in [4.69, 9.17) is 4.74 Å². The molecular weight excluding hydrogens is 362 g/mol. The number of hydrogen-bond donors (Lipinski definition) is 5. The number of carboxylic acid groups (broad SMARTS) is 1. The summed E-state index contributed by atoms with van der Waals surface area (Å²) in [6.07, 6.45) is 3.00. The van der Waals surface area contributed by atoms with Crippen LogP contribution in [-0.2, 0) is 16.6 Å². The lowest BCUT2D eigenvalue weighted by atomic mass is 9.50. The SMILES string of the molecule is O=C(O)C1(O)C[C@@]2(O)[C@H]3Cc4ccc(O)c5c4[C@@]2(CCC3NCC2CC2)[C@H]1O5. The van der Waals surface area contributed by atoms with Crippen LogP contribution in [0.15, 0.2) is 12.1 Å². The van der Waals surface area contributed by atoms with Crippen LogP contribution in [-0.4, -0.2) is 56.3 Å². The van der Waals surface area contributed by atoms with Crippen molar-refractivity contribution in [1.29, 1.82) is 0 Å². The molecule has 150 valence electrons. The van der Waals surface area contributed by atoms with Gasteiger partial charge in [-0.2, -0.15) is 0 Å². The summed E-state index contributed by atoms with van der Waals surface area (Å²) in [7, 11) is 0. The number of rotatable bonds is 4. The zero-order chi connectivity index (χ0) is 19.5. The molecule has 3 saturated carbocycles. The molecule has 1 aromatic carbocycles. The van der Waals surface area contributed by atoms with Gasteiger partial charge in [0.05, 0.1) is 11.0 Å². The highest BCUT2D eigenvalue weighted by Gasteiger charge is 2.81. The second-order valence-corrected chi connectivity index (χ2v) is 9.56. The Morgan fingerprint density at radius 1 is 1.25 bits per heavy atom. The standard InChI is InChI=1S/C21H25NO6/c23-14-4-3-11-7-12-13(22-8-10-1-2-10)5-6-19-15(11)16(14)28-17(19)20(26,18(24)25)9-21(12,19)27/h3-4,10,12-13,17,22-23,26-27H,1-2,5-9H2,(H,24,25)/t12-,13?,17+,19-,20?,21+/m0/s1. The summed E-state index contributed by atoms with van der Waals surface area (Å²) in [6.45, 7) is 0.918. The van der Waals surface area contributed by atoms with Gasteiger partial charge in [-0.15, -0.1) is 0 Å². The van der Waals surface area contributed by atoms with Crippen LogP contribution in [0.3, 0.4) is 0 Å². The molecule has 0 amide bonds. The molecule has 2 bridgehead atoms. The molecule has 7 nitrogen and oxygen atoms in total. The zero-order valence-electron chi connectivity index (χ0n) is 15.5. The zero-order valence-corrected chi connectivity index (χ0v) is 15.5. The van der Waals surface area contributed by atoms with E-state index < -0.39 is 28.7 Å². The van der Waals surface area contributed by atoms with Crippen LogP contribution < -0.4 is 10.1 Å². The lowest BCUT2D eigenvalue weighted by molar-refractivity contribution is -0.167. The van der Waals surface area contributed by atoms with Crippen molar-refractivity contribution < 1.29 is 30.0 Å². The fourth-order valence-electron chi connectivity index (χ4n) is 6.82. The van der Waals surface area contributed by atoms with Crippen molar-refractivity contribution >= 4 is 5.97 Å². The summed E-state index contributed by atoms with van der Waals surface area (Å²) >= 11 is 0. The van der Waals surface area contributed by atoms with Gasteiger partial charge in [-0.1, -0.05) is 6.07 Å². The molecule has 5 aliphatic rings. The second-order valence-electron chi connectivity index (χ2n) is 9.56. The Hall–Kier alpha value is -1.83. The van der Waals surface area contributed by atoms with E-state index in [2.05, 4.69) is 5.32 Å². The minimum atomic E-state index is -2.19. The Morgan fingerprint density at radius 3 is 2.75 bits per heavy atom. The first-order chi connectivity index (χ1) is 13.3. The first-order valence-electron chi connectivity index (χ1n) is 10.2. The monoisotopic (exact) mass is 387 g/mol. The van der Waals surface area contributed by atoms with Crippen LogP contribution in [0.2, 0.25) is 0 Å². The molecule has 3 fully saturated rings. The van der Waals surface area contributed by atoms with E-state index in [0.29, 0.717) is 24.3 Å². The Morgan fingerprint density at radius 2 is 2.04 bits per heavy atom. The molecule has 0 aromatic heterocycles. The van der Waals surface area contributed by atoms with E-state index in [9.17, 15) is 25.2 Å². The number of phenols is 1. The van der Waals surface area contributed by atoms with E-state index in [-0.39, 0.29) is 29.9 Å². The minimum Gasteiger partial charge on any atom is -0.504 e. The summed E-state index contributed by atoms with van der Waals surface area (Å²) in [6, 6.07) is 3.49. The molecule has 6 rings (SSSR count). The lowest BCUT2D eigenvalue weighted by Gasteiger charge is -2.56. The van der Waals surface area contributed by atoms with Crippen molar-refractivity contribution in [2.75, 3.05) is 6.54 Å². The van der Waals surface area contributed by atoms with Crippen molar-refractivity contribution in [1.82, 2.24) is 5.32 Å². The first kappa shape index (κ1) is 17.1. The summed E-state index contributed by atoms with van der Waals surface area (Å²) in [5, 5.41) is 47.0. The molecule has 6 atom stereocenters. The predicted octanol–water partition coefficient (Wildman–Crippen LogP) is 0.676. The van der Waals surface area contributed by atoms with Gasteiger partial charge in [0, 0.05) is 23.9 Å². The normalized spacial score (nSPS) is 44.9. The van der Waals surface area contributed by atoms with Crippen LogP contribution in [0.5, 0.6) is 11.5 Å². The van der Waals surface area contributed by atoms with Crippen molar-refractivity contribution in [3.63, 3.8) is 0 Å². The van der Waals surface area contributed by atoms with Gasteiger partial charge < -0.3 is 30.5 Å². The number of aliphatic carboxylic acids is 1. The molecule has 1 heterocycles. The highest BCUT2D eigenvalue weighted by molar-refractivity contribution is 5.82. The summed E-state index contributed by atoms with van der Waals surface area (Å²) < 4.78 is 5.95. The molecule has 2 unspecified atom stereocenters. The number of phenolic OH excluding ortho intramolecular Hbond substituents is 1. The van der Waals surface area contributed by atoms with E-state index >= 15 is 0 Å². The van der Waals surface area contributed by atoms with Crippen LogP contribution in [0.1, 0.15) is 43.2 Å². The molecule has 5 N–H and O–H groups in total. The smallest absolute Gasteiger partial charge is 0.339 e. The lowest BCUT2D eigenvalue weighted by Crippen LogP contribution is -2.67. The van der Waals surface area contributed by atoms with Crippen molar-refractivity contribution in [2.24, 2.45) is 11.8 Å². The minimum absolute atomic E-state index is 0.0648. The van der Waals surface area contributed by atoms with Crippen LogP contribution >= 0.6 is 0 Å². The van der Waals surface area contributed by atoms with Gasteiger partial charge in [0.15, 0.2) is 17.6 Å². The van der Waals surface area contributed by atoms with Crippen molar-refractivity contribution in [2.45, 2.75) is 67.3 Å². The first-order valence-corrected chi connectivity index (χ1v) is 10.2. The number of aliphatic hydroxyl groups is 2. The van der Waals surface area contributed by atoms with Gasteiger partial charge in [-0.25, -0.2) is 4.79 Å². The number of carboxylic acids is 1. The predicted molar refractivity (Wildman–Crippen MR) is 97.3 cm³/mol. The number of carbonyl (C=O) groups is 1. The summed E-state index contributed by atoms with van der Waals surface area (Å²) in [5.41, 5.74) is -2.88. The average molecular weight is 387 g/mol. The molecular formula is C21H25NO6. The number of nitrogens with one attached hydrogen (secondary N) is 1. The van der Waals surface area contributed by atoms with Crippen LogP contribution in [0.25, 0.3) is 0 Å². The number of hydrogen-bond acceptors (Lipinski definition) is 6. The second kappa shape index (κ2) is 5.01. The maximum atomic E-state index is 12.1. The van der Waals surface area contributed by atoms with E-state index in [1.54, 1.807) is 6.07 Å². The number of ether oxygens (including phenoxy) is 1. The van der Waals surface area contributed by atoms with E-state index in [1.807, 2.05) is 6.07 Å². The maximum Gasteiger partial charge on any atom is 0.339 e. The van der Waals surface area contributed by atoms with E-state index in [1.165, 1.54) is 12.8 Å². The molecule has 0 saturated heterocycles. The van der Waals surface area contributed by atoms with Crippen LogP contribution in [0.4, 0.5) is 0 Å². The summed E-state index contributed by atoms with van der Waals surface area (Å²) in [4.78, 5) is 12.1. The maximum absolute atomic E-state index is 12.1. The molecule has 7 heteroatoms. The molecule has 28 heavy (non-hydrogen) atoms. The van der Waals surface area contributed by atoms with Crippen molar-refractivity contribution in [3.05, 3.63) is 23.3 Å². The molecule has 1 spiro atoms. The topological polar surface area (TPSA) is 119 Å². The third kappa shape index (κ3) is 1.75. The Labute approximate surface area is 162 Å². The largest absolute Gasteiger partial charge is 0.504 e. The Kier molecular flexibility index (Phi) is 3.05. The molecule has 4 aliphatic carbocycles. The average Bonchev–Trinajstić information content (AvgIpc) is 3.34. The summed E-state index contributed by atoms with van der Waals surface area (Å²) in [5.74, 6) is -0.709. The molecule has 1 aromatic rings. The van der Waals surface area contributed by atoms with E-state index in [0.717, 1.165) is 18.5 Å². The highest BCUT2D eigenvalue weighted by Crippen LogP contribution is 2.70. The van der Waals surface area contributed by atoms with Gasteiger partial charge in [0.1, 0.15) is 0 Å². The fraction of sp³-hybridized carbons (Fsp3) is 0.667. The highest BCUT2D eigenvalue weighted by atomic mass is 16.5. The van der Waals surface area contributed by atoms with Crippen molar-refractivity contribution in [3.8, 4) is 11.5 Å². The quantitative estimate of drug-likeness (QED) is 0.515. The molecule has 1 aliphatic heterocycles. The van der Waals surface area contributed by atoms with Gasteiger partial charge in [0.2, 0.25) is 5.60 Å². The number of benzene rings is 1. The van der Waals surface area contributed by atoms with Gasteiger partial charge in [0.25, 0.3) is 0 Å². The van der Waals surface area contributed by atoms with Gasteiger partial charge >= 0.3 is 5.97 Å². The fourth-order valence-corrected chi connectivity index (χ4v) is 6.82. The Balaban J connectivity index is 1.53. The van der Waals surface area contributed by atoms with Crippen LogP contribution in [0, 0.1) is 11.8 Å². The third-order valence-corrected chi connectivity index (χ3v) is 8.22. The number of aromatic hydroxyl groups is 1. The molecule has 0 radical (unpaired) electrons. The van der Waals surface area contributed by atoms with Gasteiger partial charge in [-0.3, -0.25) is 0 Å². The third-order valence-electron chi connectivity index (χ3n) is 8.22. The Bertz CT molecular complexity index is 899. The van der Waals surface area contributed by atoms with Gasteiger partial charge in [-0.05, 0) is 56.2 Å².